The number of carbonyl (C=O) groups is 2. The van der Waals surface area contributed by atoms with E-state index in [9.17, 15) is 9.59 Å². The van der Waals surface area contributed by atoms with Gasteiger partial charge in [-0.2, -0.15) is 0 Å². The molecule has 4 heteroatoms. The Labute approximate surface area is 114 Å². The van der Waals surface area contributed by atoms with Crippen molar-refractivity contribution >= 4 is 11.9 Å². The topological polar surface area (TPSA) is 57.6 Å². The first-order valence-electron chi connectivity index (χ1n) is 6.56. The van der Waals surface area contributed by atoms with Crippen molar-refractivity contribution in [1.82, 2.24) is 4.90 Å². The molecule has 0 heterocycles. The molecule has 0 unspecified atom stereocenters. The third-order valence-corrected chi connectivity index (χ3v) is 3.15. The Morgan fingerprint density at radius 1 is 1.11 bits per heavy atom. The number of nitrogens with zero attached hydrogens (tertiary/aromatic N) is 1. The Hall–Kier alpha value is -1.84. The number of hydrogen-bond acceptors (Lipinski definition) is 2. The predicted octanol–water partition coefficient (Wildman–Crippen LogP) is 2.11. The summed E-state index contributed by atoms with van der Waals surface area (Å²) in [5.74, 6) is -1.05. The molecule has 19 heavy (non-hydrogen) atoms. The monoisotopic (exact) mass is 263 g/mol. The fourth-order valence-corrected chi connectivity index (χ4v) is 1.77. The molecule has 0 aliphatic carbocycles. The fourth-order valence-electron chi connectivity index (χ4n) is 1.77. The predicted molar refractivity (Wildman–Crippen MR) is 74.0 cm³/mol. The van der Waals surface area contributed by atoms with E-state index in [1.165, 1.54) is 11.1 Å². The van der Waals surface area contributed by atoms with Gasteiger partial charge in [-0.25, -0.2) is 0 Å². The molecule has 1 rings (SSSR count). The summed E-state index contributed by atoms with van der Waals surface area (Å²) in [5, 5.41) is 8.53. The first kappa shape index (κ1) is 15.2. The van der Waals surface area contributed by atoms with Crippen LogP contribution >= 0.6 is 0 Å². The lowest BCUT2D eigenvalue weighted by Crippen LogP contribution is -2.29. The Morgan fingerprint density at radius 3 is 2.21 bits per heavy atom. The van der Waals surface area contributed by atoms with Gasteiger partial charge < -0.3 is 10.0 Å². The molecule has 0 atom stereocenters. The van der Waals surface area contributed by atoms with Gasteiger partial charge in [-0.3, -0.25) is 9.59 Å². The Bertz CT molecular complexity index is 426. The number of carbonyl (C=O) groups excluding carboxylic acids is 1. The maximum Gasteiger partial charge on any atom is 0.303 e. The summed E-state index contributed by atoms with van der Waals surface area (Å²) in [6.07, 6.45) is 1.78. The Morgan fingerprint density at radius 2 is 1.68 bits per heavy atom. The SMILES string of the molecule is CCc1ccc(CCN(C)C(=O)CCC(=O)O)cc1. The number of carboxylic acid groups (broad SMARTS) is 1. The number of aryl methyl sites for hydroxylation is 1. The molecule has 0 spiro atoms. The van der Waals surface area contributed by atoms with Crippen molar-refractivity contribution in [3.8, 4) is 0 Å². The van der Waals surface area contributed by atoms with Gasteiger partial charge in [0.25, 0.3) is 0 Å². The van der Waals surface area contributed by atoms with Gasteiger partial charge in [-0.15, -0.1) is 0 Å². The number of benzene rings is 1. The van der Waals surface area contributed by atoms with Gasteiger partial charge in [-0.1, -0.05) is 31.2 Å². The lowest BCUT2D eigenvalue weighted by Gasteiger charge is -2.16. The van der Waals surface area contributed by atoms with Crippen LogP contribution in [0.2, 0.25) is 0 Å². The van der Waals surface area contributed by atoms with E-state index in [0.29, 0.717) is 6.54 Å². The standard InChI is InChI=1S/C15H21NO3/c1-3-12-4-6-13(7-5-12)10-11-16(2)14(17)8-9-15(18)19/h4-7H,3,8-11H2,1-2H3,(H,18,19). The first-order chi connectivity index (χ1) is 9.02. The van der Waals surface area contributed by atoms with Crippen molar-refractivity contribution in [2.24, 2.45) is 0 Å². The lowest BCUT2D eigenvalue weighted by molar-refractivity contribution is -0.140. The molecule has 0 fully saturated rings. The smallest absolute Gasteiger partial charge is 0.303 e. The van der Waals surface area contributed by atoms with Gasteiger partial charge in [-0.05, 0) is 24.0 Å². The maximum absolute atomic E-state index is 11.6. The highest BCUT2D eigenvalue weighted by molar-refractivity contribution is 5.80. The van der Waals surface area contributed by atoms with Crippen LogP contribution in [0.4, 0.5) is 0 Å². The van der Waals surface area contributed by atoms with E-state index in [-0.39, 0.29) is 18.7 Å². The number of likely N-dealkylation sites (N-methyl/N-ethyl adjacent to an activating group) is 1. The van der Waals surface area contributed by atoms with Crippen molar-refractivity contribution < 1.29 is 14.7 Å². The maximum atomic E-state index is 11.6. The van der Waals surface area contributed by atoms with Crippen LogP contribution in [0.3, 0.4) is 0 Å². The van der Waals surface area contributed by atoms with Crippen LogP contribution < -0.4 is 0 Å². The molecular weight excluding hydrogens is 242 g/mol. The van der Waals surface area contributed by atoms with E-state index < -0.39 is 5.97 Å². The van der Waals surface area contributed by atoms with Gasteiger partial charge in [0.15, 0.2) is 0 Å². The van der Waals surface area contributed by atoms with Crippen LogP contribution in [0, 0.1) is 0 Å². The van der Waals surface area contributed by atoms with Gasteiger partial charge in [0.1, 0.15) is 0 Å². The minimum Gasteiger partial charge on any atom is -0.481 e. The third kappa shape index (κ3) is 5.55. The average molecular weight is 263 g/mol. The average Bonchev–Trinajstić information content (AvgIpc) is 2.42. The molecule has 4 nitrogen and oxygen atoms in total. The zero-order valence-electron chi connectivity index (χ0n) is 11.6. The molecule has 0 saturated heterocycles. The number of rotatable bonds is 7. The summed E-state index contributed by atoms with van der Waals surface area (Å²) in [6.45, 7) is 2.73. The zero-order valence-corrected chi connectivity index (χ0v) is 11.6. The van der Waals surface area contributed by atoms with E-state index in [1.807, 2.05) is 0 Å². The largest absolute Gasteiger partial charge is 0.481 e. The van der Waals surface area contributed by atoms with Crippen molar-refractivity contribution in [2.75, 3.05) is 13.6 Å². The van der Waals surface area contributed by atoms with Crippen LogP contribution in [-0.2, 0) is 22.4 Å². The summed E-state index contributed by atoms with van der Waals surface area (Å²) in [7, 11) is 1.71. The summed E-state index contributed by atoms with van der Waals surface area (Å²) in [4.78, 5) is 23.6. The van der Waals surface area contributed by atoms with E-state index in [1.54, 1.807) is 11.9 Å². The van der Waals surface area contributed by atoms with Crippen LogP contribution in [0.25, 0.3) is 0 Å². The second kappa shape index (κ2) is 7.56. The Kier molecular flexibility index (Phi) is 6.06. The minimum atomic E-state index is -0.933. The van der Waals surface area contributed by atoms with Crippen LogP contribution in [0.1, 0.15) is 30.9 Å². The van der Waals surface area contributed by atoms with E-state index in [4.69, 9.17) is 5.11 Å². The molecule has 1 amide bonds. The highest BCUT2D eigenvalue weighted by atomic mass is 16.4. The van der Waals surface area contributed by atoms with Crippen molar-refractivity contribution in [1.29, 1.82) is 0 Å². The summed E-state index contributed by atoms with van der Waals surface area (Å²) in [5.41, 5.74) is 2.49. The molecule has 0 aliphatic rings. The quantitative estimate of drug-likeness (QED) is 0.819. The molecule has 0 radical (unpaired) electrons. The minimum absolute atomic E-state index is 0.0700. The number of carboxylic acids is 1. The lowest BCUT2D eigenvalue weighted by atomic mass is 10.1. The molecule has 1 N–H and O–H groups in total. The molecule has 0 aliphatic heterocycles. The van der Waals surface area contributed by atoms with Gasteiger partial charge in [0, 0.05) is 20.0 Å². The van der Waals surface area contributed by atoms with Crippen LogP contribution in [0.5, 0.6) is 0 Å². The van der Waals surface area contributed by atoms with Crippen molar-refractivity contribution in [3.05, 3.63) is 35.4 Å². The fraction of sp³-hybridized carbons (Fsp3) is 0.467. The molecule has 0 aromatic heterocycles. The molecular formula is C15H21NO3. The summed E-state index contributed by atoms with van der Waals surface area (Å²) < 4.78 is 0. The van der Waals surface area contributed by atoms with Gasteiger partial charge in [0.05, 0.1) is 6.42 Å². The number of hydrogen-bond donors (Lipinski definition) is 1. The highest BCUT2D eigenvalue weighted by Gasteiger charge is 2.10. The number of amides is 1. The number of aliphatic carboxylic acids is 1. The van der Waals surface area contributed by atoms with Crippen molar-refractivity contribution in [2.45, 2.75) is 32.6 Å². The normalized spacial score (nSPS) is 10.2. The molecule has 1 aromatic rings. The second-order valence-corrected chi connectivity index (χ2v) is 4.63. The van der Waals surface area contributed by atoms with E-state index in [2.05, 4.69) is 31.2 Å². The van der Waals surface area contributed by atoms with Gasteiger partial charge >= 0.3 is 5.97 Å². The molecule has 0 bridgehead atoms. The summed E-state index contributed by atoms with van der Waals surface area (Å²) in [6, 6.07) is 8.35. The molecule has 1 aromatic carbocycles. The third-order valence-electron chi connectivity index (χ3n) is 3.15. The molecule has 0 saturated carbocycles. The van der Waals surface area contributed by atoms with Crippen molar-refractivity contribution in [3.63, 3.8) is 0 Å². The van der Waals surface area contributed by atoms with E-state index >= 15 is 0 Å². The molecule has 104 valence electrons. The van der Waals surface area contributed by atoms with Crippen LogP contribution in [-0.4, -0.2) is 35.5 Å². The van der Waals surface area contributed by atoms with Gasteiger partial charge in [0.2, 0.25) is 5.91 Å². The second-order valence-electron chi connectivity index (χ2n) is 4.63. The Balaban J connectivity index is 2.38. The highest BCUT2D eigenvalue weighted by Crippen LogP contribution is 2.07. The van der Waals surface area contributed by atoms with E-state index in [0.717, 1.165) is 12.8 Å². The zero-order chi connectivity index (χ0) is 14.3. The first-order valence-corrected chi connectivity index (χ1v) is 6.56. The van der Waals surface area contributed by atoms with Crippen LogP contribution in [0.15, 0.2) is 24.3 Å². The summed E-state index contributed by atoms with van der Waals surface area (Å²) >= 11 is 0.